The van der Waals surface area contributed by atoms with Crippen LogP contribution in [0, 0.1) is 5.92 Å². The lowest BCUT2D eigenvalue weighted by molar-refractivity contribution is -0.132. The molecule has 1 fully saturated rings. The zero-order valence-corrected chi connectivity index (χ0v) is 15.4. The Balaban J connectivity index is 1.67. The molecule has 25 heavy (non-hydrogen) atoms. The number of carbonyl (C=O) groups excluding carboxylic acids is 1. The molecule has 1 amide bonds. The van der Waals surface area contributed by atoms with Crippen LogP contribution in [0.3, 0.4) is 0 Å². The second-order valence-corrected chi connectivity index (χ2v) is 8.39. The number of nitrogens with zero attached hydrogens (tertiary/aromatic N) is 3. The SMILES string of the molecule is CC(N)C1CCN(C(=O)CN(C)C2=NS(=O)(=O)c3ccccc32)CC1. The molecule has 0 radical (unpaired) electrons. The minimum atomic E-state index is -3.67. The highest BCUT2D eigenvalue weighted by molar-refractivity contribution is 7.90. The van der Waals surface area contributed by atoms with Crippen LogP contribution in [-0.4, -0.2) is 62.7 Å². The smallest absolute Gasteiger partial charge is 0.285 e. The summed E-state index contributed by atoms with van der Waals surface area (Å²) in [5.41, 5.74) is 6.49. The Morgan fingerprint density at radius 1 is 1.36 bits per heavy atom. The van der Waals surface area contributed by atoms with Crippen molar-refractivity contribution in [1.29, 1.82) is 0 Å². The number of likely N-dealkylation sites (tertiary alicyclic amines) is 1. The van der Waals surface area contributed by atoms with Crippen LogP contribution < -0.4 is 5.73 Å². The average molecular weight is 364 g/mol. The Morgan fingerprint density at radius 2 is 2.00 bits per heavy atom. The van der Waals surface area contributed by atoms with Crippen LogP contribution in [0.1, 0.15) is 25.3 Å². The van der Waals surface area contributed by atoms with Crippen molar-refractivity contribution in [2.24, 2.45) is 16.0 Å². The van der Waals surface area contributed by atoms with E-state index in [1.807, 2.05) is 11.8 Å². The number of carbonyl (C=O) groups is 1. The first-order chi connectivity index (χ1) is 11.8. The van der Waals surface area contributed by atoms with Crippen molar-refractivity contribution in [3.63, 3.8) is 0 Å². The standard InChI is InChI=1S/C17H24N4O3S/c1-12(18)13-7-9-21(10-8-13)16(22)11-20(2)17-14-5-3-4-6-15(14)25(23,24)19-17/h3-6,12-13H,7-11,18H2,1-2H3. The van der Waals surface area contributed by atoms with Gasteiger partial charge in [0.25, 0.3) is 10.0 Å². The summed E-state index contributed by atoms with van der Waals surface area (Å²) in [5, 5.41) is 0. The molecule has 2 heterocycles. The summed E-state index contributed by atoms with van der Waals surface area (Å²) in [6.07, 6.45) is 1.82. The van der Waals surface area contributed by atoms with Gasteiger partial charge in [-0.2, -0.15) is 8.42 Å². The lowest BCUT2D eigenvalue weighted by Crippen LogP contribution is -2.46. The van der Waals surface area contributed by atoms with Crippen LogP contribution in [0.2, 0.25) is 0 Å². The molecule has 2 aliphatic rings. The summed E-state index contributed by atoms with van der Waals surface area (Å²) in [5.74, 6) is 0.766. The van der Waals surface area contributed by atoms with Gasteiger partial charge in [0.1, 0.15) is 4.90 Å². The first-order valence-corrected chi connectivity index (χ1v) is 9.92. The van der Waals surface area contributed by atoms with Gasteiger partial charge in [-0.3, -0.25) is 4.79 Å². The van der Waals surface area contributed by atoms with Gasteiger partial charge >= 0.3 is 0 Å². The van der Waals surface area contributed by atoms with Gasteiger partial charge in [-0.05, 0) is 37.8 Å². The number of piperidine rings is 1. The van der Waals surface area contributed by atoms with E-state index in [9.17, 15) is 13.2 Å². The quantitative estimate of drug-likeness (QED) is 0.850. The fraction of sp³-hybridized carbons (Fsp3) is 0.529. The zero-order valence-electron chi connectivity index (χ0n) is 14.6. The van der Waals surface area contributed by atoms with Crippen LogP contribution in [-0.2, 0) is 14.8 Å². The van der Waals surface area contributed by atoms with Gasteiger partial charge in [-0.15, -0.1) is 4.40 Å². The lowest BCUT2D eigenvalue weighted by atomic mass is 9.91. The Morgan fingerprint density at radius 3 is 2.64 bits per heavy atom. The third kappa shape index (κ3) is 3.55. The minimum Gasteiger partial charge on any atom is -0.349 e. The van der Waals surface area contributed by atoms with Crippen LogP contribution >= 0.6 is 0 Å². The highest BCUT2D eigenvalue weighted by Gasteiger charge is 2.32. The summed E-state index contributed by atoms with van der Waals surface area (Å²) in [7, 11) is -1.97. The normalized spacial score (nSPS) is 20.8. The first kappa shape index (κ1) is 17.9. The van der Waals surface area contributed by atoms with E-state index in [0.29, 0.717) is 30.4 Å². The second kappa shape index (κ2) is 6.76. The van der Waals surface area contributed by atoms with Gasteiger partial charge in [-0.1, -0.05) is 12.1 Å². The number of fused-ring (bicyclic) bond motifs is 1. The van der Waals surface area contributed by atoms with Crippen molar-refractivity contribution in [3.8, 4) is 0 Å². The molecular weight excluding hydrogens is 340 g/mol. The van der Waals surface area contributed by atoms with Gasteiger partial charge in [0, 0.05) is 31.7 Å². The maximum Gasteiger partial charge on any atom is 0.285 e. The maximum atomic E-state index is 12.6. The molecule has 136 valence electrons. The van der Waals surface area contributed by atoms with Crippen LogP contribution in [0.5, 0.6) is 0 Å². The van der Waals surface area contributed by atoms with Crippen molar-refractivity contribution in [2.45, 2.75) is 30.7 Å². The summed E-state index contributed by atoms with van der Waals surface area (Å²) < 4.78 is 28.1. The summed E-state index contributed by atoms with van der Waals surface area (Å²) in [4.78, 5) is 16.2. The number of hydrogen-bond donors (Lipinski definition) is 1. The molecule has 8 heteroatoms. The molecule has 0 bridgehead atoms. The Labute approximate surface area is 148 Å². The van der Waals surface area contributed by atoms with Crippen molar-refractivity contribution >= 4 is 21.8 Å². The predicted molar refractivity (Wildman–Crippen MR) is 95.7 cm³/mol. The molecule has 1 aromatic rings. The lowest BCUT2D eigenvalue weighted by Gasteiger charge is -2.34. The molecule has 2 aliphatic heterocycles. The molecule has 1 atom stereocenters. The number of benzene rings is 1. The van der Waals surface area contributed by atoms with E-state index in [4.69, 9.17) is 5.73 Å². The Bertz CT molecular complexity index is 796. The maximum absolute atomic E-state index is 12.6. The topological polar surface area (TPSA) is 96.1 Å². The van der Waals surface area contributed by atoms with Gasteiger partial charge in [0.2, 0.25) is 5.91 Å². The van der Waals surface area contributed by atoms with Gasteiger partial charge in [0.05, 0.1) is 6.54 Å². The monoisotopic (exact) mass is 364 g/mol. The molecule has 0 spiro atoms. The Kier molecular flexibility index (Phi) is 4.83. The molecule has 1 unspecified atom stereocenters. The van der Waals surface area contributed by atoms with E-state index in [0.717, 1.165) is 12.8 Å². The molecule has 2 N–H and O–H groups in total. The number of sulfonamides is 1. The van der Waals surface area contributed by atoms with Crippen molar-refractivity contribution in [1.82, 2.24) is 9.80 Å². The fourth-order valence-corrected chi connectivity index (χ4v) is 4.67. The molecule has 7 nitrogen and oxygen atoms in total. The van der Waals surface area contributed by atoms with Gasteiger partial charge in [-0.25, -0.2) is 0 Å². The van der Waals surface area contributed by atoms with E-state index in [2.05, 4.69) is 4.40 Å². The van der Waals surface area contributed by atoms with E-state index in [1.54, 1.807) is 30.1 Å². The average Bonchev–Trinajstić information content (AvgIpc) is 2.87. The summed E-state index contributed by atoms with van der Waals surface area (Å²) in [6, 6.07) is 6.84. The number of likely N-dealkylation sites (N-methyl/N-ethyl adjacent to an activating group) is 1. The molecule has 0 aromatic heterocycles. The molecule has 1 saturated heterocycles. The highest BCUT2D eigenvalue weighted by Crippen LogP contribution is 2.27. The zero-order chi connectivity index (χ0) is 18.2. The number of nitrogens with two attached hydrogens (primary N) is 1. The van der Waals surface area contributed by atoms with E-state index in [-0.39, 0.29) is 23.4 Å². The van der Waals surface area contributed by atoms with Crippen LogP contribution in [0.4, 0.5) is 0 Å². The third-order valence-corrected chi connectivity index (χ3v) is 6.31. The number of rotatable bonds is 3. The van der Waals surface area contributed by atoms with E-state index in [1.165, 1.54) is 6.07 Å². The van der Waals surface area contributed by atoms with E-state index >= 15 is 0 Å². The van der Waals surface area contributed by atoms with Gasteiger partial charge in [0.15, 0.2) is 5.84 Å². The molecule has 3 rings (SSSR count). The van der Waals surface area contributed by atoms with Crippen molar-refractivity contribution < 1.29 is 13.2 Å². The second-order valence-electron chi connectivity index (χ2n) is 6.82. The Hall–Kier alpha value is -1.93. The number of amidine groups is 1. The van der Waals surface area contributed by atoms with Crippen LogP contribution in [0.15, 0.2) is 33.6 Å². The highest BCUT2D eigenvalue weighted by atomic mass is 32.2. The summed E-state index contributed by atoms with van der Waals surface area (Å²) >= 11 is 0. The largest absolute Gasteiger partial charge is 0.349 e. The minimum absolute atomic E-state index is 0.0184. The molecular formula is C17H24N4O3S. The summed E-state index contributed by atoms with van der Waals surface area (Å²) in [6.45, 7) is 3.50. The number of hydrogen-bond acceptors (Lipinski definition) is 5. The molecule has 0 aliphatic carbocycles. The number of amides is 1. The molecule has 0 saturated carbocycles. The fourth-order valence-electron chi connectivity index (χ4n) is 3.42. The van der Waals surface area contributed by atoms with Crippen molar-refractivity contribution in [3.05, 3.63) is 29.8 Å². The van der Waals surface area contributed by atoms with Crippen LogP contribution in [0.25, 0.3) is 0 Å². The van der Waals surface area contributed by atoms with Gasteiger partial charge < -0.3 is 15.5 Å². The predicted octanol–water partition coefficient (Wildman–Crippen LogP) is 0.653. The third-order valence-electron chi connectivity index (χ3n) is 4.98. The van der Waals surface area contributed by atoms with Crippen molar-refractivity contribution in [2.75, 3.05) is 26.7 Å². The molecule has 1 aromatic carbocycles. The van der Waals surface area contributed by atoms with E-state index < -0.39 is 10.0 Å². The first-order valence-electron chi connectivity index (χ1n) is 8.48.